The first-order valence-electron chi connectivity index (χ1n) is 21.1. The summed E-state index contributed by atoms with van der Waals surface area (Å²) in [6.07, 6.45) is 0. The molecule has 0 spiro atoms. The van der Waals surface area contributed by atoms with Crippen molar-refractivity contribution in [1.29, 1.82) is 0 Å². The number of aromatic nitrogens is 2. The quantitative estimate of drug-likeness (QED) is 0.158. The van der Waals surface area contributed by atoms with Gasteiger partial charge < -0.3 is 8.97 Å². The van der Waals surface area contributed by atoms with Crippen LogP contribution in [-0.2, 0) is 27.1 Å². The van der Waals surface area contributed by atoms with Gasteiger partial charge in [-0.05, 0) is 139 Å². The van der Waals surface area contributed by atoms with Crippen LogP contribution in [-0.4, -0.2) is 8.97 Å². The maximum absolute atomic E-state index is 2.58. The minimum Gasteiger partial charge on any atom is -0.309 e. The molecular weight excluding hydrogens is 689 g/mol. The Kier molecular flexibility index (Phi) is 7.06. The van der Waals surface area contributed by atoms with Crippen molar-refractivity contribution >= 4 is 59.9 Å². The molecule has 3 heterocycles. The van der Waals surface area contributed by atoms with Crippen molar-refractivity contribution in [2.45, 2.75) is 124 Å². The lowest BCUT2D eigenvalue weighted by molar-refractivity contribution is 0.590. The molecule has 288 valence electrons. The fourth-order valence-corrected chi connectivity index (χ4v) is 10.0. The second-order valence-electron chi connectivity index (χ2n) is 22.1. The molecule has 1 aliphatic carbocycles. The van der Waals surface area contributed by atoms with Crippen LogP contribution in [0.3, 0.4) is 0 Å². The Labute approximate surface area is 338 Å². The molecule has 0 unspecified atom stereocenters. The van der Waals surface area contributed by atoms with Gasteiger partial charge in [-0.3, -0.25) is 0 Å². The van der Waals surface area contributed by atoms with Gasteiger partial charge in [0.1, 0.15) is 0 Å². The van der Waals surface area contributed by atoms with Gasteiger partial charge in [0.2, 0.25) is 0 Å². The summed E-state index contributed by atoms with van der Waals surface area (Å²) in [6.45, 7) is 32.8. The highest BCUT2D eigenvalue weighted by Gasteiger charge is 2.37. The third kappa shape index (κ3) is 5.08. The van der Waals surface area contributed by atoms with E-state index in [1.165, 1.54) is 110 Å². The maximum Gasteiger partial charge on any atom is 0.0620 e. The molecule has 57 heavy (non-hydrogen) atoms. The predicted octanol–water partition coefficient (Wildman–Crippen LogP) is 15.4. The summed E-state index contributed by atoms with van der Waals surface area (Å²) < 4.78 is 5.09. The molecule has 0 saturated heterocycles. The first-order chi connectivity index (χ1) is 26.5. The van der Waals surface area contributed by atoms with Crippen LogP contribution in [0.1, 0.15) is 130 Å². The highest BCUT2D eigenvalue weighted by atomic mass is 15.0. The summed E-state index contributed by atoms with van der Waals surface area (Å²) in [5.74, 6) is 0. The van der Waals surface area contributed by atoms with Crippen LogP contribution in [0.5, 0.6) is 0 Å². The SMILES string of the molecule is CC(C)(C)c1ccc2c(c1)c1cc(C(C)(C)C)ccc1n2-c1ccc2c(c1)C(C)(C)c1cc3c(cc1-2)c1cc(C(C)(C)C)cc2c4cc(C(C)(C)C)ccc4n3c21. The normalized spacial score (nSPS) is 15.0. The first kappa shape index (κ1) is 36.3. The zero-order valence-corrected chi connectivity index (χ0v) is 36.6. The molecule has 2 nitrogen and oxygen atoms in total. The van der Waals surface area contributed by atoms with E-state index < -0.39 is 0 Å². The maximum atomic E-state index is 2.58. The van der Waals surface area contributed by atoms with E-state index in [2.05, 4.69) is 203 Å². The first-order valence-corrected chi connectivity index (χ1v) is 21.1. The smallest absolute Gasteiger partial charge is 0.0620 e. The van der Waals surface area contributed by atoms with E-state index in [0.29, 0.717) is 0 Å². The summed E-state index contributed by atoms with van der Waals surface area (Å²) in [5, 5.41) is 8.10. The largest absolute Gasteiger partial charge is 0.309 e. The van der Waals surface area contributed by atoms with Gasteiger partial charge in [-0.2, -0.15) is 0 Å². The molecule has 0 aliphatic heterocycles. The van der Waals surface area contributed by atoms with E-state index in [-0.39, 0.29) is 27.1 Å². The van der Waals surface area contributed by atoms with Crippen molar-refractivity contribution < 1.29 is 0 Å². The molecule has 0 fully saturated rings. The highest BCUT2D eigenvalue weighted by Crippen LogP contribution is 2.53. The minimum atomic E-state index is -0.180. The molecule has 0 atom stereocenters. The molecule has 0 radical (unpaired) electrons. The zero-order chi connectivity index (χ0) is 40.5. The molecule has 9 aromatic rings. The molecule has 10 rings (SSSR count). The fraction of sp³-hybridized carbons (Fsp3) is 0.345. The van der Waals surface area contributed by atoms with E-state index in [1.807, 2.05) is 0 Å². The number of hydrogen-bond donors (Lipinski definition) is 0. The van der Waals surface area contributed by atoms with Crippen LogP contribution in [0.4, 0.5) is 0 Å². The number of benzene rings is 6. The Morgan fingerprint density at radius 1 is 0.368 bits per heavy atom. The van der Waals surface area contributed by atoms with E-state index in [4.69, 9.17) is 0 Å². The number of hydrogen-bond acceptors (Lipinski definition) is 0. The van der Waals surface area contributed by atoms with Crippen LogP contribution in [0, 0.1) is 0 Å². The summed E-state index contributed by atoms with van der Waals surface area (Å²) in [6, 6.07) is 38.8. The third-order valence-electron chi connectivity index (χ3n) is 13.7. The Hall–Kier alpha value is -5.08. The van der Waals surface area contributed by atoms with Crippen LogP contribution in [0.25, 0.3) is 76.7 Å². The molecule has 2 heteroatoms. The number of fused-ring (bicyclic) bond motifs is 12. The molecule has 3 aromatic heterocycles. The summed E-state index contributed by atoms with van der Waals surface area (Å²) >= 11 is 0. The minimum absolute atomic E-state index is 0.0284. The molecule has 0 saturated carbocycles. The second-order valence-corrected chi connectivity index (χ2v) is 22.1. The number of nitrogens with zero attached hydrogens (tertiary/aromatic N) is 2. The topological polar surface area (TPSA) is 9.34 Å². The Bertz CT molecular complexity index is 3090. The van der Waals surface area contributed by atoms with Gasteiger partial charge in [0.05, 0.1) is 27.6 Å². The van der Waals surface area contributed by atoms with Crippen molar-refractivity contribution in [3.8, 4) is 16.8 Å². The fourth-order valence-electron chi connectivity index (χ4n) is 10.0. The van der Waals surface area contributed by atoms with Gasteiger partial charge in [-0.1, -0.05) is 121 Å². The van der Waals surface area contributed by atoms with E-state index in [1.54, 1.807) is 0 Å². The van der Waals surface area contributed by atoms with E-state index in [9.17, 15) is 0 Å². The van der Waals surface area contributed by atoms with Gasteiger partial charge in [-0.25, -0.2) is 0 Å². The summed E-state index contributed by atoms with van der Waals surface area (Å²) in [4.78, 5) is 0. The zero-order valence-electron chi connectivity index (χ0n) is 36.6. The predicted molar refractivity (Wildman–Crippen MR) is 248 cm³/mol. The molecule has 0 amide bonds. The van der Waals surface area contributed by atoms with Crippen molar-refractivity contribution in [2.75, 3.05) is 0 Å². The lowest BCUT2D eigenvalue weighted by atomic mass is 9.82. The van der Waals surface area contributed by atoms with Crippen LogP contribution in [0.2, 0.25) is 0 Å². The van der Waals surface area contributed by atoms with Crippen molar-refractivity contribution in [3.63, 3.8) is 0 Å². The molecule has 0 bridgehead atoms. The molecule has 6 aromatic carbocycles. The average Bonchev–Trinajstić information content (AvgIpc) is 3.81. The van der Waals surface area contributed by atoms with E-state index >= 15 is 0 Å². The number of rotatable bonds is 1. The third-order valence-corrected chi connectivity index (χ3v) is 13.7. The molecule has 0 N–H and O–H groups in total. The van der Waals surface area contributed by atoms with E-state index in [0.717, 1.165) is 0 Å². The lowest BCUT2D eigenvalue weighted by Gasteiger charge is -2.23. The van der Waals surface area contributed by atoms with Crippen molar-refractivity contribution in [1.82, 2.24) is 8.97 Å². The van der Waals surface area contributed by atoms with Gasteiger partial charge in [0, 0.05) is 43.4 Å². The summed E-state index contributed by atoms with van der Waals surface area (Å²) in [7, 11) is 0. The van der Waals surface area contributed by atoms with Crippen LogP contribution >= 0.6 is 0 Å². The Morgan fingerprint density at radius 2 is 0.789 bits per heavy atom. The molecule has 1 aliphatic rings. The Morgan fingerprint density at radius 3 is 1.28 bits per heavy atom. The average molecular weight is 747 g/mol. The molecular formula is C55H58N2. The van der Waals surface area contributed by atoms with Crippen LogP contribution in [0.15, 0.2) is 97.1 Å². The summed E-state index contributed by atoms with van der Waals surface area (Å²) in [5.41, 5.74) is 18.8. The second kappa shape index (κ2) is 11.1. The Balaban J connectivity index is 1.22. The van der Waals surface area contributed by atoms with Crippen molar-refractivity contribution in [3.05, 3.63) is 130 Å². The monoisotopic (exact) mass is 746 g/mol. The van der Waals surface area contributed by atoms with Gasteiger partial charge >= 0.3 is 0 Å². The van der Waals surface area contributed by atoms with Gasteiger partial charge in [0.25, 0.3) is 0 Å². The van der Waals surface area contributed by atoms with Gasteiger partial charge in [0.15, 0.2) is 0 Å². The van der Waals surface area contributed by atoms with Crippen LogP contribution < -0.4 is 0 Å². The van der Waals surface area contributed by atoms with Gasteiger partial charge in [-0.15, -0.1) is 0 Å². The lowest BCUT2D eigenvalue weighted by Crippen LogP contribution is -2.15. The highest BCUT2D eigenvalue weighted by molar-refractivity contribution is 6.24. The standard InChI is InChI=1S/C55H58N2/c1-51(2,3)31-15-20-46-38(23-31)39-24-32(52(4,5)6)16-21-47(39)56(46)35-18-19-36-37-29-41-43-27-34(54(10,11)12)26-42-40-25-33(53(7,8)9)17-22-48(40)57(50(42)43)49(41)30-45(37)55(13,14)44(36)28-35/h15-30H,1-14H3. The van der Waals surface area contributed by atoms with Crippen molar-refractivity contribution in [2.24, 2.45) is 0 Å².